The molecule has 0 unspecified atom stereocenters. The Morgan fingerprint density at radius 1 is 1.08 bits per heavy atom. The van der Waals surface area contributed by atoms with Gasteiger partial charge in [-0.2, -0.15) is 0 Å². The zero-order valence-electron chi connectivity index (χ0n) is 14.3. The van der Waals surface area contributed by atoms with Crippen LogP contribution in [0.2, 0.25) is 0 Å². The van der Waals surface area contributed by atoms with Gasteiger partial charge in [-0.25, -0.2) is 0 Å². The van der Waals surface area contributed by atoms with Crippen molar-refractivity contribution in [2.75, 3.05) is 6.61 Å². The zero-order chi connectivity index (χ0) is 18.8. The fourth-order valence-corrected chi connectivity index (χ4v) is 2.52. The Balaban J connectivity index is 2.14. The number of phenolic OH excluding ortho intramolecular Hbond substituents is 3. The molecule has 0 aliphatic rings. The number of rotatable bonds is 4. The van der Waals surface area contributed by atoms with Crippen LogP contribution in [0.25, 0.3) is 22.3 Å². The predicted octanol–water partition coefficient (Wildman–Crippen LogP) is 3.92. The van der Waals surface area contributed by atoms with Crippen LogP contribution >= 0.6 is 0 Å². The quantitative estimate of drug-likeness (QED) is 0.614. The van der Waals surface area contributed by atoms with Crippen molar-refractivity contribution in [2.45, 2.75) is 13.8 Å². The number of fused-ring (bicyclic) bond motifs is 1. The Kier molecular flexibility index (Phi) is 4.58. The molecule has 0 fully saturated rings. The Labute approximate surface area is 149 Å². The van der Waals surface area contributed by atoms with E-state index in [2.05, 4.69) is 0 Å². The van der Waals surface area contributed by atoms with Crippen molar-refractivity contribution in [1.82, 2.24) is 0 Å². The van der Waals surface area contributed by atoms with E-state index >= 15 is 0 Å². The molecule has 1 heterocycles. The van der Waals surface area contributed by atoms with Gasteiger partial charge in [0.2, 0.25) is 0 Å². The normalized spacial score (nSPS) is 10.7. The summed E-state index contributed by atoms with van der Waals surface area (Å²) in [6, 6.07) is 8.02. The molecule has 0 atom stereocenters. The van der Waals surface area contributed by atoms with Crippen molar-refractivity contribution >= 4 is 11.0 Å². The summed E-state index contributed by atoms with van der Waals surface area (Å²) < 4.78 is 11.4. The molecule has 0 amide bonds. The highest BCUT2D eigenvalue weighted by atomic mass is 16.5. The summed E-state index contributed by atoms with van der Waals surface area (Å²) in [4.78, 5) is 12.4. The smallest absolute Gasteiger partial charge is 0.197 e. The first-order valence-corrected chi connectivity index (χ1v) is 7.94. The van der Waals surface area contributed by atoms with Crippen molar-refractivity contribution in [3.8, 4) is 34.3 Å². The van der Waals surface area contributed by atoms with Crippen molar-refractivity contribution in [2.24, 2.45) is 0 Å². The third kappa shape index (κ3) is 3.49. The van der Waals surface area contributed by atoms with Gasteiger partial charge in [-0.15, -0.1) is 0 Å². The maximum Gasteiger partial charge on any atom is 0.197 e. The van der Waals surface area contributed by atoms with Gasteiger partial charge >= 0.3 is 0 Å². The van der Waals surface area contributed by atoms with E-state index in [0.717, 1.165) is 11.6 Å². The molecule has 6 nitrogen and oxygen atoms in total. The number of phenols is 3. The molecule has 6 heteroatoms. The van der Waals surface area contributed by atoms with Gasteiger partial charge in [-0.1, -0.05) is 5.57 Å². The summed E-state index contributed by atoms with van der Waals surface area (Å²) in [6.07, 6.45) is 1.88. The minimum absolute atomic E-state index is 0.0133. The predicted molar refractivity (Wildman–Crippen MR) is 97.8 cm³/mol. The minimum atomic E-state index is -0.456. The van der Waals surface area contributed by atoms with Crippen molar-refractivity contribution in [3.63, 3.8) is 0 Å². The van der Waals surface area contributed by atoms with Crippen LogP contribution in [0.1, 0.15) is 13.8 Å². The van der Waals surface area contributed by atoms with Gasteiger partial charge in [0.15, 0.2) is 5.43 Å². The van der Waals surface area contributed by atoms with Gasteiger partial charge < -0.3 is 24.5 Å². The molecule has 0 aliphatic heterocycles. The number of hydrogen-bond acceptors (Lipinski definition) is 6. The van der Waals surface area contributed by atoms with Gasteiger partial charge in [0.25, 0.3) is 0 Å². The van der Waals surface area contributed by atoms with Crippen molar-refractivity contribution in [1.29, 1.82) is 0 Å². The Bertz CT molecular complexity index is 1060. The summed E-state index contributed by atoms with van der Waals surface area (Å²) in [7, 11) is 0. The molecule has 2 aromatic carbocycles. The second-order valence-electron chi connectivity index (χ2n) is 6.09. The minimum Gasteiger partial charge on any atom is -0.508 e. The van der Waals surface area contributed by atoms with Crippen LogP contribution in [0.5, 0.6) is 23.0 Å². The Morgan fingerprint density at radius 2 is 1.85 bits per heavy atom. The maximum atomic E-state index is 12.4. The molecule has 0 saturated carbocycles. The van der Waals surface area contributed by atoms with Gasteiger partial charge in [0, 0.05) is 24.3 Å². The highest BCUT2D eigenvalue weighted by molar-refractivity contribution is 5.86. The second kappa shape index (κ2) is 6.84. The SMILES string of the molecule is CC(C)=CCOc1cc(O)ccc1-c1cc(=O)c2c(O)cc(O)cc2o1. The summed E-state index contributed by atoms with van der Waals surface area (Å²) in [5, 5.41) is 29.2. The number of ether oxygens (including phenoxy) is 1. The standard InChI is InChI=1S/C20H18O6/c1-11(2)5-6-25-17-8-12(21)3-4-14(17)18-10-16(24)20-15(23)7-13(22)9-19(20)26-18/h3-5,7-10,21-23H,6H2,1-2H3. The lowest BCUT2D eigenvalue weighted by Gasteiger charge is -2.11. The first-order chi connectivity index (χ1) is 12.3. The monoisotopic (exact) mass is 354 g/mol. The van der Waals surface area contributed by atoms with Gasteiger partial charge in [0.1, 0.15) is 46.3 Å². The lowest BCUT2D eigenvalue weighted by molar-refractivity contribution is 0.359. The van der Waals surface area contributed by atoms with E-state index < -0.39 is 5.43 Å². The fourth-order valence-electron chi connectivity index (χ4n) is 2.52. The van der Waals surface area contributed by atoms with Crippen LogP contribution < -0.4 is 10.2 Å². The van der Waals surface area contributed by atoms with E-state index in [1.807, 2.05) is 19.9 Å². The molecule has 134 valence electrons. The third-order valence-electron chi connectivity index (χ3n) is 3.76. The maximum absolute atomic E-state index is 12.4. The highest BCUT2D eigenvalue weighted by Gasteiger charge is 2.15. The molecule has 0 saturated heterocycles. The van der Waals surface area contributed by atoms with Crippen molar-refractivity contribution < 1.29 is 24.5 Å². The summed E-state index contributed by atoms with van der Waals surface area (Å²) in [5.74, 6) is -0.0273. The lowest BCUT2D eigenvalue weighted by Crippen LogP contribution is -2.02. The second-order valence-corrected chi connectivity index (χ2v) is 6.09. The van der Waals surface area contributed by atoms with Gasteiger partial charge in [0.05, 0.1) is 5.56 Å². The largest absolute Gasteiger partial charge is 0.508 e. The molecule has 0 aliphatic carbocycles. The molecule has 26 heavy (non-hydrogen) atoms. The number of hydrogen-bond donors (Lipinski definition) is 3. The van der Waals surface area contributed by atoms with E-state index in [1.54, 1.807) is 6.07 Å². The van der Waals surface area contributed by atoms with Crippen LogP contribution in [0.4, 0.5) is 0 Å². The fraction of sp³-hybridized carbons (Fsp3) is 0.150. The average Bonchev–Trinajstić information content (AvgIpc) is 2.53. The van der Waals surface area contributed by atoms with Crippen LogP contribution in [-0.4, -0.2) is 21.9 Å². The molecule has 0 bridgehead atoms. The molecule has 3 rings (SSSR count). The van der Waals surface area contributed by atoms with Crippen LogP contribution in [0.15, 0.2) is 57.3 Å². The van der Waals surface area contributed by atoms with Crippen LogP contribution in [0, 0.1) is 0 Å². The van der Waals surface area contributed by atoms with Gasteiger partial charge in [-0.3, -0.25) is 4.79 Å². The van der Waals surface area contributed by atoms with E-state index in [-0.39, 0.29) is 40.6 Å². The van der Waals surface area contributed by atoms with E-state index in [1.165, 1.54) is 24.3 Å². The summed E-state index contributed by atoms with van der Waals surface area (Å²) >= 11 is 0. The van der Waals surface area contributed by atoms with E-state index in [9.17, 15) is 20.1 Å². The van der Waals surface area contributed by atoms with E-state index in [0.29, 0.717) is 11.3 Å². The number of allylic oxidation sites excluding steroid dienone is 1. The molecular weight excluding hydrogens is 336 g/mol. The van der Waals surface area contributed by atoms with Crippen LogP contribution in [0.3, 0.4) is 0 Å². The summed E-state index contributed by atoms with van der Waals surface area (Å²) in [6.45, 7) is 4.17. The third-order valence-corrected chi connectivity index (χ3v) is 3.76. The first kappa shape index (κ1) is 17.4. The molecule has 0 radical (unpaired) electrons. The summed E-state index contributed by atoms with van der Waals surface area (Å²) in [5.41, 5.74) is 1.14. The zero-order valence-corrected chi connectivity index (χ0v) is 14.3. The van der Waals surface area contributed by atoms with Crippen molar-refractivity contribution in [3.05, 3.63) is 58.3 Å². The lowest BCUT2D eigenvalue weighted by atomic mass is 10.1. The van der Waals surface area contributed by atoms with Gasteiger partial charge in [-0.05, 0) is 32.1 Å². The molecule has 1 aromatic heterocycles. The number of aromatic hydroxyl groups is 3. The first-order valence-electron chi connectivity index (χ1n) is 7.94. The highest BCUT2D eigenvalue weighted by Crippen LogP contribution is 2.35. The molecular formula is C20H18O6. The van der Waals surface area contributed by atoms with Crippen LogP contribution in [-0.2, 0) is 0 Å². The Hall–Kier alpha value is -3.41. The molecule has 3 N–H and O–H groups in total. The molecule has 0 spiro atoms. The number of benzene rings is 2. The Morgan fingerprint density at radius 3 is 2.58 bits per heavy atom. The molecule has 3 aromatic rings. The average molecular weight is 354 g/mol. The van der Waals surface area contributed by atoms with E-state index in [4.69, 9.17) is 9.15 Å². The topological polar surface area (TPSA) is 100 Å².